The molecule has 17 heavy (non-hydrogen) atoms. The van der Waals surface area contributed by atoms with Crippen LogP contribution in [0.4, 0.5) is 5.69 Å². The van der Waals surface area contributed by atoms with Crippen LogP contribution < -0.4 is 5.73 Å². The second-order valence-electron chi connectivity index (χ2n) is 4.13. The van der Waals surface area contributed by atoms with E-state index in [9.17, 15) is 10.2 Å². The number of phenols is 2. The SMILES string of the molecule is CC(c1ccc(O)cc1)c1ccc(O)c(N)c1. The molecule has 1 atom stereocenters. The van der Waals surface area contributed by atoms with Gasteiger partial charge in [0.25, 0.3) is 0 Å². The van der Waals surface area contributed by atoms with Gasteiger partial charge in [0.2, 0.25) is 0 Å². The highest BCUT2D eigenvalue weighted by atomic mass is 16.3. The summed E-state index contributed by atoms with van der Waals surface area (Å²) in [5, 5.41) is 18.6. The highest BCUT2D eigenvalue weighted by molar-refractivity contribution is 5.54. The van der Waals surface area contributed by atoms with Crippen LogP contribution in [0.5, 0.6) is 11.5 Å². The van der Waals surface area contributed by atoms with E-state index in [0.717, 1.165) is 11.1 Å². The molecule has 0 bridgehead atoms. The number of nitrogens with two attached hydrogens (primary N) is 1. The van der Waals surface area contributed by atoms with E-state index < -0.39 is 0 Å². The van der Waals surface area contributed by atoms with Gasteiger partial charge in [0.15, 0.2) is 0 Å². The first-order valence-corrected chi connectivity index (χ1v) is 5.45. The van der Waals surface area contributed by atoms with Gasteiger partial charge in [-0.3, -0.25) is 0 Å². The van der Waals surface area contributed by atoms with Crippen LogP contribution in [-0.4, -0.2) is 10.2 Å². The van der Waals surface area contributed by atoms with Crippen molar-refractivity contribution in [2.45, 2.75) is 12.8 Å². The van der Waals surface area contributed by atoms with E-state index in [2.05, 4.69) is 6.92 Å². The minimum atomic E-state index is 0.103. The summed E-state index contributed by atoms with van der Waals surface area (Å²) in [4.78, 5) is 0. The normalized spacial score (nSPS) is 12.3. The van der Waals surface area contributed by atoms with Crippen molar-refractivity contribution in [2.75, 3.05) is 5.73 Å². The lowest BCUT2D eigenvalue weighted by molar-refractivity contribution is 0.475. The molecule has 2 aromatic rings. The monoisotopic (exact) mass is 229 g/mol. The number of aromatic hydroxyl groups is 2. The Bertz CT molecular complexity index is 520. The molecule has 0 heterocycles. The van der Waals surface area contributed by atoms with Gasteiger partial charge in [-0.2, -0.15) is 0 Å². The maximum atomic E-state index is 9.37. The Hall–Kier alpha value is -2.16. The molecule has 1 unspecified atom stereocenters. The average Bonchev–Trinajstić information content (AvgIpc) is 2.33. The third-order valence-corrected chi connectivity index (χ3v) is 2.94. The molecule has 0 saturated carbocycles. The lowest BCUT2D eigenvalue weighted by Crippen LogP contribution is -1.97. The summed E-state index contributed by atoms with van der Waals surface area (Å²) in [6.07, 6.45) is 0. The Labute approximate surface area is 100 Å². The van der Waals surface area contributed by atoms with Crippen molar-refractivity contribution in [3.05, 3.63) is 53.6 Å². The predicted molar refractivity (Wildman–Crippen MR) is 68.1 cm³/mol. The maximum Gasteiger partial charge on any atom is 0.138 e. The van der Waals surface area contributed by atoms with Crippen LogP contribution in [0.1, 0.15) is 24.0 Å². The second kappa shape index (κ2) is 4.37. The smallest absolute Gasteiger partial charge is 0.138 e. The van der Waals surface area contributed by atoms with E-state index >= 15 is 0 Å². The topological polar surface area (TPSA) is 66.5 Å². The van der Waals surface area contributed by atoms with Gasteiger partial charge in [-0.05, 0) is 35.4 Å². The van der Waals surface area contributed by atoms with E-state index in [0.29, 0.717) is 5.69 Å². The van der Waals surface area contributed by atoms with Crippen molar-refractivity contribution >= 4 is 5.69 Å². The number of rotatable bonds is 2. The van der Waals surface area contributed by atoms with Gasteiger partial charge in [0.05, 0.1) is 5.69 Å². The number of nitrogen functional groups attached to an aromatic ring is 1. The lowest BCUT2D eigenvalue weighted by atomic mass is 9.93. The molecule has 3 heteroatoms. The molecule has 2 aromatic carbocycles. The van der Waals surface area contributed by atoms with Crippen LogP contribution >= 0.6 is 0 Å². The first-order chi connectivity index (χ1) is 8.08. The summed E-state index contributed by atoms with van der Waals surface area (Å²) in [5.41, 5.74) is 8.18. The highest BCUT2D eigenvalue weighted by Crippen LogP contribution is 2.29. The van der Waals surface area contributed by atoms with Crippen LogP contribution in [0.25, 0.3) is 0 Å². The fourth-order valence-electron chi connectivity index (χ4n) is 1.80. The van der Waals surface area contributed by atoms with Crippen molar-refractivity contribution < 1.29 is 10.2 Å². The predicted octanol–water partition coefficient (Wildman–Crippen LogP) is 2.83. The van der Waals surface area contributed by atoms with Gasteiger partial charge < -0.3 is 15.9 Å². The van der Waals surface area contributed by atoms with Crippen molar-refractivity contribution in [2.24, 2.45) is 0 Å². The van der Waals surface area contributed by atoms with Crippen molar-refractivity contribution in [1.29, 1.82) is 0 Å². The minimum absolute atomic E-state index is 0.103. The largest absolute Gasteiger partial charge is 0.508 e. The van der Waals surface area contributed by atoms with Crippen LogP contribution in [0.3, 0.4) is 0 Å². The van der Waals surface area contributed by atoms with Gasteiger partial charge in [-0.1, -0.05) is 25.1 Å². The molecule has 0 radical (unpaired) electrons. The molecule has 0 fully saturated rings. The molecular formula is C14H15NO2. The Morgan fingerprint density at radius 3 is 2.12 bits per heavy atom. The lowest BCUT2D eigenvalue weighted by Gasteiger charge is -2.13. The molecule has 88 valence electrons. The number of anilines is 1. The second-order valence-corrected chi connectivity index (χ2v) is 4.13. The van der Waals surface area contributed by atoms with E-state index in [-0.39, 0.29) is 17.4 Å². The van der Waals surface area contributed by atoms with Gasteiger partial charge >= 0.3 is 0 Å². The van der Waals surface area contributed by atoms with Crippen molar-refractivity contribution in [3.8, 4) is 11.5 Å². The number of benzene rings is 2. The third-order valence-electron chi connectivity index (χ3n) is 2.94. The van der Waals surface area contributed by atoms with E-state index in [1.807, 2.05) is 18.2 Å². The van der Waals surface area contributed by atoms with Gasteiger partial charge in [0.1, 0.15) is 11.5 Å². The number of hydrogen-bond donors (Lipinski definition) is 3. The van der Waals surface area contributed by atoms with Crippen LogP contribution in [0, 0.1) is 0 Å². The summed E-state index contributed by atoms with van der Waals surface area (Å²) in [5.74, 6) is 0.524. The summed E-state index contributed by atoms with van der Waals surface area (Å²) in [6.45, 7) is 2.05. The quantitative estimate of drug-likeness (QED) is 0.548. The zero-order valence-corrected chi connectivity index (χ0v) is 9.59. The fraction of sp³-hybridized carbons (Fsp3) is 0.143. The van der Waals surface area contributed by atoms with Crippen LogP contribution in [0.2, 0.25) is 0 Å². The zero-order chi connectivity index (χ0) is 12.4. The first kappa shape index (κ1) is 11.3. The molecule has 2 rings (SSSR count). The van der Waals surface area contributed by atoms with Crippen molar-refractivity contribution in [3.63, 3.8) is 0 Å². The molecule has 4 N–H and O–H groups in total. The molecule has 0 amide bonds. The van der Waals surface area contributed by atoms with Crippen LogP contribution in [-0.2, 0) is 0 Å². The van der Waals surface area contributed by atoms with E-state index in [1.54, 1.807) is 24.3 Å². The van der Waals surface area contributed by atoms with Crippen molar-refractivity contribution in [1.82, 2.24) is 0 Å². The Morgan fingerprint density at radius 2 is 1.53 bits per heavy atom. The first-order valence-electron chi connectivity index (χ1n) is 5.45. The van der Waals surface area contributed by atoms with Gasteiger partial charge in [0, 0.05) is 5.92 Å². The highest BCUT2D eigenvalue weighted by Gasteiger charge is 2.09. The summed E-state index contributed by atoms with van der Waals surface area (Å²) < 4.78 is 0. The molecular weight excluding hydrogens is 214 g/mol. The van der Waals surface area contributed by atoms with Gasteiger partial charge in [-0.15, -0.1) is 0 Å². The maximum absolute atomic E-state index is 9.37. The Balaban J connectivity index is 2.33. The standard InChI is InChI=1S/C14H15NO2/c1-9(10-2-5-12(16)6-3-10)11-4-7-14(17)13(15)8-11/h2-9,16-17H,15H2,1H3. The molecule has 0 saturated heterocycles. The summed E-state index contributed by atoms with van der Waals surface area (Å²) in [6, 6.07) is 12.3. The summed E-state index contributed by atoms with van der Waals surface area (Å²) in [7, 11) is 0. The van der Waals surface area contributed by atoms with Crippen LogP contribution in [0.15, 0.2) is 42.5 Å². The fourth-order valence-corrected chi connectivity index (χ4v) is 1.80. The molecule has 0 aliphatic carbocycles. The number of hydrogen-bond acceptors (Lipinski definition) is 3. The Kier molecular flexibility index (Phi) is 2.91. The zero-order valence-electron chi connectivity index (χ0n) is 9.59. The molecule has 0 spiro atoms. The van der Waals surface area contributed by atoms with E-state index in [1.165, 1.54) is 0 Å². The van der Waals surface area contributed by atoms with E-state index in [4.69, 9.17) is 5.73 Å². The van der Waals surface area contributed by atoms with Gasteiger partial charge in [-0.25, -0.2) is 0 Å². The third kappa shape index (κ3) is 2.33. The Morgan fingerprint density at radius 1 is 0.941 bits per heavy atom. The summed E-state index contributed by atoms with van der Waals surface area (Å²) >= 11 is 0. The average molecular weight is 229 g/mol. The molecule has 3 nitrogen and oxygen atoms in total. The minimum Gasteiger partial charge on any atom is -0.508 e. The molecule has 0 aromatic heterocycles. The number of phenolic OH excluding ortho intramolecular Hbond substituents is 2. The molecule has 0 aliphatic heterocycles. The molecule has 0 aliphatic rings.